The number of hydrogen-bond acceptors (Lipinski definition) is 2. The minimum atomic E-state index is -0.373. The Morgan fingerprint density at radius 3 is 2.83 bits per heavy atom. The summed E-state index contributed by atoms with van der Waals surface area (Å²) in [5, 5.41) is 12.0. The van der Waals surface area contributed by atoms with Crippen molar-refractivity contribution in [2.24, 2.45) is 40.9 Å². The van der Waals surface area contributed by atoms with Gasteiger partial charge in [0.05, 0.1) is 12.2 Å². The molecule has 0 aliphatic heterocycles. The predicted molar refractivity (Wildman–Crippen MR) is 118 cm³/mol. The maximum absolute atomic E-state index is 12.0. The van der Waals surface area contributed by atoms with Crippen LogP contribution in [-0.4, -0.2) is 17.3 Å². The van der Waals surface area contributed by atoms with Crippen LogP contribution in [0.15, 0.2) is 23.5 Å². The first-order valence-electron chi connectivity index (χ1n) is 12.8. The van der Waals surface area contributed by atoms with Gasteiger partial charge in [-0.2, -0.15) is 0 Å². The number of ether oxygens (including phenoxy) is 1. The average Bonchev–Trinajstić information content (AvgIpc) is 2.95. The third kappa shape index (κ3) is 2.91. The zero-order valence-corrected chi connectivity index (χ0v) is 19.0. The lowest BCUT2D eigenvalue weighted by Crippen LogP contribution is -2.56. The van der Waals surface area contributed by atoms with Crippen molar-refractivity contribution in [1.29, 1.82) is 0 Å². The first-order valence-corrected chi connectivity index (χ1v) is 12.8. The minimum absolute atomic E-state index is 0.160. The van der Waals surface area contributed by atoms with E-state index in [0.717, 1.165) is 48.4 Å². The van der Waals surface area contributed by atoms with E-state index in [0.29, 0.717) is 5.92 Å². The van der Waals surface area contributed by atoms with Crippen LogP contribution < -0.4 is 0 Å². The molecule has 4 fully saturated rings. The molecule has 0 spiro atoms. The lowest BCUT2D eigenvalue weighted by molar-refractivity contribution is -0.151. The van der Waals surface area contributed by atoms with Gasteiger partial charge in [0.1, 0.15) is 5.76 Å². The van der Waals surface area contributed by atoms with Crippen molar-refractivity contribution in [2.75, 3.05) is 6.61 Å². The Balaban J connectivity index is 1.48. The normalized spacial score (nSPS) is 48.6. The maximum Gasteiger partial charge on any atom is 0.115 e. The Kier molecular flexibility index (Phi) is 5.17. The van der Waals surface area contributed by atoms with Crippen LogP contribution >= 0.6 is 0 Å². The molecule has 2 heteroatoms. The molecule has 4 saturated carbocycles. The molecule has 29 heavy (non-hydrogen) atoms. The number of rotatable bonds is 4. The van der Waals surface area contributed by atoms with Gasteiger partial charge in [-0.1, -0.05) is 45.1 Å². The van der Waals surface area contributed by atoms with Crippen LogP contribution in [0, 0.1) is 40.9 Å². The molecule has 0 aromatic carbocycles. The summed E-state index contributed by atoms with van der Waals surface area (Å²) in [5.41, 5.74) is 1.48. The Labute approximate surface area is 178 Å². The molecule has 1 unspecified atom stereocenters. The average molecular weight is 399 g/mol. The smallest absolute Gasteiger partial charge is 0.115 e. The van der Waals surface area contributed by atoms with Gasteiger partial charge >= 0.3 is 0 Å². The van der Waals surface area contributed by atoms with Gasteiger partial charge in [0.15, 0.2) is 0 Å². The van der Waals surface area contributed by atoms with Gasteiger partial charge in [0.2, 0.25) is 0 Å². The van der Waals surface area contributed by atoms with E-state index < -0.39 is 0 Å². The summed E-state index contributed by atoms with van der Waals surface area (Å²) in [6.45, 7) is 7.73. The van der Waals surface area contributed by atoms with E-state index in [1.165, 1.54) is 64.2 Å². The predicted octanol–water partition coefficient (Wildman–Crippen LogP) is 6.65. The second-order valence-corrected chi connectivity index (χ2v) is 11.3. The van der Waals surface area contributed by atoms with Crippen molar-refractivity contribution in [2.45, 2.75) is 97.0 Å². The van der Waals surface area contributed by atoms with Crippen molar-refractivity contribution >= 4 is 0 Å². The molecule has 0 aromatic rings. The van der Waals surface area contributed by atoms with E-state index in [9.17, 15) is 5.11 Å². The highest BCUT2D eigenvalue weighted by Gasteiger charge is 2.67. The zero-order chi connectivity index (χ0) is 20.2. The zero-order valence-electron chi connectivity index (χ0n) is 19.0. The largest absolute Gasteiger partial charge is 0.494 e. The molecular weight excluding hydrogens is 356 g/mol. The monoisotopic (exact) mass is 398 g/mol. The third-order valence-corrected chi connectivity index (χ3v) is 10.2. The van der Waals surface area contributed by atoms with E-state index >= 15 is 0 Å². The molecule has 8 atom stereocenters. The molecule has 0 saturated heterocycles. The Hall–Kier alpha value is -0.760. The molecule has 0 amide bonds. The molecule has 1 N–H and O–H groups in total. The first-order chi connectivity index (χ1) is 14.0. The van der Waals surface area contributed by atoms with Gasteiger partial charge in [0.25, 0.3) is 0 Å². The van der Waals surface area contributed by atoms with E-state index in [-0.39, 0.29) is 11.0 Å². The first kappa shape index (κ1) is 20.2. The van der Waals surface area contributed by atoms with Crippen molar-refractivity contribution in [3.05, 3.63) is 23.5 Å². The Morgan fingerprint density at radius 1 is 1.17 bits per heavy atom. The molecule has 0 heterocycles. The van der Waals surface area contributed by atoms with Crippen molar-refractivity contribution in [1.82, 2.24) is 0 Å². The van der Waals surface area contributed by atoms with Gasteiger partial charge in [-0.15, -0.1) is 0 Å². The molecule has 5 aliphatic rings. The molecule has 5 rings (SSSR count). The highest BCUT2D eigenvalue weighted by molar-refractivity contribution is 5.30. The van der Waals surface area contributed by atoms with Gasteiger partial charge in [-0.3, -0.25) is 0 Å². The van der Waals surface area contributed by atoms with Gasteiger partial charge < -0.3 is 9.84 Å². The number of fused-ring (bicyclic) bond motifs is 7. The van der Waals surface area contributed by atoms with Crippen molar-refractivity contribution < 1.29 is 9.84 Å². The maximum atomic E-state index is 12.0. The van der Waals surface area contributed by atoms with E-state index in [4.69, 9.17) is 4.74 Å². The summed E-state index contributed by atoms with van der Waals surface area (Å²) < 4.78 is 5.88. The van der Waals surface area contributed by atoms with Crippen LogP contribution in [0.3, 0.4) is 0 Å². The molecule has 0 aromatic heterocycles. The molecule has 2 nitrogen and oxygen atoms in total. The summed E-state index contributed by atoms with van der Waals surface area (Å²) in [5.74, 6) is 5.63. The number of aliphatic hydroxyl groups is 1. The molecular formula is C27H42O2. The third-order valence-electron chi connectivity index (χ3n) is 10.2. The number of allylic oxidation sites excluding steroid dienone is 3. The molecule has 0 radical (unpaired) electrons. The second kappa shape index (κ2) is 7.43. The summed E-state index contributed by atoms with van der Waals surface area (Å²) >= 11 is 0. The fourth-order valence-electron chi connectivity index (χ4n) is 9.04. The Morgan fingerprint density at radius 2 is 2.03 bits per heavy atom. The summed E-state index contributed by atoms with van der Waals surface area (Å²) in [4.78, 5) is 0. The van der Waals surface area contributed by atoms with Crippen LogP contribution in [0.5, 0.6) is 0 Å². The van der Waals surface area contributed by atoms with Gasteiger partial charge in [-0.05, 0) is 105 Å². The van der Waals surface area contributed by atoms with Crippen LogP contribution in [-0.2, 0) is 4.74 Å². The summed E-state index contributed by atoms with van der Waals surface area (Å²) in [6, 6.07) is 0. The van der Waals surface area contributed by atoms with E-state index in [1.807, 2.05) is 0 Å². The second-order valence-electron chi connectivity index (χ2n) is 11.3. The van der Waals surface area contributed by atoms with Crippen LogP contribution in [0.1, 0.15) is 91.4 Å². The van der Waals surface area contributed by atoms with E-state index in [1.54, 1.807) is 5.57 Å². The fourth-order valence-corrected chi connectivity index (χ4v) is 9.04. The molecule has 162 valence electrons. The highest BCUT2D eigenvalue weighted by atomic mass is 16.5. The van der Waals surface area contributed by atoms with Crippen molar-refractivity contribution in [3.63, 3.8) is 0 Å². The highest BCUT2D eigenvalue weighted by Crippen LogP contribution is 2.69. The lowest BCUT2D eigenvalue weighted by Gasteiger charge is -2.58. The molecule has 5 aliphatic carbocycles. The van der Waals surface area contributed by atoms with Crippen LogP contribution in [0.4, 0.5) is 0 Å². The number of hydrogen-bond donors (Lipinski definition) is 1. The Bertz CT molecular complexity index is 693. The topological polar surface area (TPSA) is 29.5 Å². The fraction of sp³-hybridized carbons (Fsp3) is 0.852. The van der Waals surface area contributed by atoms with Crippen LogP contribution in [0.2, 0.25) is 0 Å². The van der Waals surface area contributed by atoms with Gasteiger partial charge in [-0.25, -0.2) is 0 Å². The summed E-state index contributed by atoms with van der Waals surface area (Å²) in [6.07, 6.45) is 18.7. The van der Waals surface area contributed by atoms with E-state index in [2.05, 4.69) is 32.9 Å². The standard InChI is InChI=1S/C27H42O2/c1-4-8-18-15-19-16-21(29-5-2)10-11-22(19)23-12-14-26(3)24(25(18)23)17-20-9-6-7-13-27(20,26)28/h10,16,18,20,22-25,28H,4-9,11-15,17H2,1-3H3/t18-,20-,22?,23-,24+,25-,26+,27-/m1/s1. The van der Waals surface area contributed by atoms with Crippen molar-refractivity contribution in [3.8, 4) is 0 Å². The minimum Gasteiger partial charge on any atom is -0.494 e. The summed E-state index contributed by atoms with van der Waals surface area (Å²) in [7, 11) is 0. The lowest BCUT2D eigenvalue weighted by atomic mass is 9.47. The van der Waals surface area contributed by atoms with Gasteiger partial charge in [0, 0.05) is 0 Å². The van der Waals surface area contributed by atoms with Crippen LogP contribution in [0.25, 0.3) is 0 Å². The molecule has 0 bridgehead atoms. The quantitative estimate of drug-likeness (QED) is 0.574. The SMILES string of the molecule is CCC[C@@H]1CC2=CC(OCC)=CCC2[C@H]2CC[C@@]3(C)[C@@H](C[C@H]4CCCC[C@@]43O)[C@H]12.